The van der Waals surface area contributed by atoms with Gasteiger partial charge in [0.05, 0.1) is 12.8 Å². The summed E-state index contributed by atoms with van der Waals surface area (Å²) in [6.07, 6.45) is 4.93. The Labute approximate surface area is 115 Å². The van der Waals surface area contributed by atoms with Crippen LogP contribution in [0.5, 0.6) is 0 Å². The maximum absolute atomic E-state index is 5.26. The normalized spacial score (nSPS) is 11.6. The quantitative estimate of drug-likeness (QED) is 0.415. The molecule has 0 spiro atoms. The number of aliphatic imine (C=N–C) groups is 1. The molecule has 108 valence electrons. The fraction of sp³-hybridized carbons (Fsp3) is 0.692. The van der Waals surface area contributed by atoms with Gasteiger partial charge in [0, 0.05) is 39.5 Å². The second-order valence-electron chi connectivity index (χ2n) is 4.26. The standard InChI is InChI=1S/C13H25N5O/c1-4-19-9-7-16-13(14-3)15-6-5-8-18-11-12(2)10-17-18/h10-11H,4-9H2,1-3H3,(H2,14,15,16). The zero-order chi connectivity index (χ0) is 13.9. The van der Waals surface area contributed by atoms with Crippen molar-refractivity contribution in [3.8, 4) is 0 Å². The van der Waals surface area contributed by atoms with E-state index in [9.17, 15) is 0 Å². The predicted molar refractivity (Wildman–Crippen MR) is 77.4 cm³/mol. The summed E-state index contributed by atoms with van der Waals surface area (Å²) in [5.41, 5.74) is 1.20. The first-order chi connectivity index (χ1) is 9.26. The van der Waals surface area contributed by atoms with Crippen LogP contribution in [0, 0.1) is 6.92 Å². The molecule has 19 heavy (non-hydrogen) atoms. The number of nitrogens with zero attached hydrogens (tertiary/aromatic N) is 3. The van der Waals surface area contributed by atoms with Crippen LogP contribution in [-0.4, -0.2) is 49.1 Å². The molecule has 0 radical (unpaired) electrons. The number of nitrogens with one attached hydrogen (secondary N) is 2. The lowest BCUT2D eigenvalue weighted by atomic mass is 10.4. The van der Waals surface area contributed by atoms with Crippen LogP contribution in [0.2, 0.25) is 0 Å². The summed E-state index contributed by atoms with van der Waals surface area (Å²) in [5, 5.41) is 10.7. The van der Waals surface area contributed by atoms with E-state index in [0.29, 0.717) is 6.61 Å². The van der Waals surface area contributed by atoms with Gasteiger partial charge in [-0.1, -0.05) is 0 Å². The summed E-state index contributed by atoms with van der Waals surface area (Å²) < 4.78 is 7.22. The first-order valence-electron chi connectivity index (χ1n) is 6.77. The molecular formula is C13H25N5O. The first-order valence-corrected chi connectivity index (χ1v) is 6.77. The van der Waals surface area contributed by atoms with E-state index in [-0.39, 0.29) is 0 Å². The molecule has 6 nitrogen and oxygen atoms in total. The number of aryl methyl sites for hydroxylation is 2. The fourth-order valence-corrected chi connectivity index (χ4v) is 1.64. The van der Waals surface area contributed by atoms with Crippen LogP contribution in [0.1, 0.15) is 18.9 Å². The summed E-state index contributed by atoms with van der Waals surface area (Å²) in [5.74, 6) is 0.816. The van der Waals surface area contributed by atoms with Gasteiger partial charge >= 0.3 is 0 Å². The molecule has 1 rings (SSSR count). The van der Waals surface area contributed by atoms with Crippen molar-refractivity contribution < 1.29 is 4.74 Å². The van der Waals surface area contributed by atoms with Gasteiger partial charge in [0.1, 0.15) is 0 Å². The molecule has 1 aromatic heterocycles. The Kier molecular flexibility index (Phi) is 7.65. The lowest BCUT2D eigenvalue weighted by molar-refractivity contribution is 0.152. The summed E-state index contributed by atoms with van der Waals surface area (Å²) in [7, 11) is 1.77. The molecule has 0 unspecified atom stereocenters. The van der Waals surface area contributed by atoms with Crippen molar-refractivity contribution in [3.05, 3.63) is 18.0 Å². The zero-order valence-electron chi connectivity index (χ0n) is 12.1. The van der Waals surface area contributed by atoms with E-state index in [4.69, 9.17) is 4.74 Å². The van der Waals surface area contributed by atoms with Crippen LogP contribution in [0.15, 0.2) is 17.4 Å². The van der Waals surface area contributed by atoms with Gasteiger partial charge in [-0.05, 0) is 25.8 Å². The molecule has 0 aliphatic carbocycles. The van der Waals surface area contributed by atoms with Crippen molar-refractivity contribution >= 4 is 5.96 Å². The highest BCUT2D eigenvalue weighted by Crippen LogP contribution is 1.95. The van der Waals surface area contributed by atoms with Gasteiger partial charge < -0.3 is 15.4 Å². The van der Waals surface area contributed by atoms with Crippen LogP contribution in [0.3, 0.4) is 0 Å². The second-order valence-corrected chi connectivity index (χ2v) is 4.26. The van der Waals surface area contributed by atoms with Crippen molar-refractivity contribution in [2.45, 2.75) is 26.8 Å². The number of rotatable bonds is 8. The highest BCUT2D eigenvalue weighted by molar-refractivity contribution is 5.79. The number of ether oxygens (including phenoxy) is 1. The van der Waals surface area contributed by atoms with Crippen LogP contribution in [0.4, 0.5) is 0 Å². The topological polar surface area (TPSA) is 63.5 Å². The monoisotopic (exact) mass is 267 g/mol. The summed E-state index contributed by atoms with van der Waals surface area (Å²) in [4.78, 5) is 4.15. The van der Waals surface area contributed by atoms with E-state index in [2.05, 4.69) is 26.9 Å². The van der Waals surface area contributed by atoms with Gasteiger partial charge in [-0.2, -0.15) is 5.10 Å². The number of hydrogen-bond acceptors (Lipinski definition) is 3. The largest absolute Gasteiger partial charge is 0.380 e. The lowest BCUT2D eigenvalue weighted by Crippen LogP contribution is -2.39. The summed E-state index contributed by atoms with van der Waals surface area (Å²) >= 11 is 0. The average Bonchev–Trinajstić information content (AvgIpc) is 2.82. The van der Waals surface area contributed by atoms with Gasteiger partial charge in [-0.25, -0.2) is 0 Å². The fourth-order valence-electron chi connectivity index (χ4n) is 1.64. The molecule has 2 N–H and O–H groups in total. The van der Waals surface area contributed by atoms with Gasteiger partial charge in [0.15, 0.2) is 5.96 Å². The molecule has 0 atom stereocenters. The van der Waals surface area contributed by atoms with Crippen molar-refractivity contribution in [1.82, 2.24) is 20.4 Å². The Morgan fingerprint density at radius 1 is 1.42 bits per heavy atom. The first kappa shape index (κ1) is 15.5. The van der Waals surface area contributed by atoms with Crippen LogP contribution >= 0.6 is 0 Å². The van der Waals surface area contributed by atoms with E-state index in [1.165, 1.54) is 5.56 Å². The van der Waals surface area contributed by atoms with E-state index < -0.39 is 0 Å². The van der Waals surface area contributed by atoms with Crippen LogP contribution in [-0.2, 0) is 11.3 Å². The molecule has 0 aromatic carbocycles. The van der Waals surface area contributed by atoms with Gasteiger partial charge in [0.2, 0.25) is 0 Å². The Morgan fingerprint density at radius 2 is 2.21 bits per heavy atom. The molecule has 6 heteroatoms. The average molecular weight is 267 g/mol. The molecule has 0 fully saturated rings. The zero-order valence-corrected chi connectivity index (χ0v) is 12.1. The van der Waals surface area contributed by atoms with Gasteiger partial charge in [-0.15, -0.1) is 0 Å². The third kappa shape index (κ3) is 6.81. The number of hydrogen-bond donors (Lipinski definition) is 2. The molecular weight excluding hydrogens is 242 g/mol. The number of aromatic nitrogens is 2. The van der Waals surface area contributed by atoms with Crippen molar-refractivity contribution in [1.29, 1.82) is 0 Å². The molecule has 0 amide bonds. The molecule has 1 heterocycles. The van der Waals surface area contributed by atoms with Crippen molar-refractivity contribution in [2.75, 3.05) is 33.4 Å². The van der Waals surface area contributed by atoms with Gasteiger partial charge in [0.25, 0.3) is 0 Å². The Morgan fingerprint density at radius 3 is 2.84 bits per heavy atom. The molecule has 0 bridgehead atoms. The minimum Gasteiger partial charge on any atom is -0.380 e. The van der Waals surface area contributed by atoms with E-state index >= 15 is 0 Å². The SMILES string of the molecule is CCOCCNC(=NC)NCCCn1cc(C)cn1. The molecule has 0 saturated carbocycles. The predicted octanol–water partition coefficient (Wildman–Crippen LogP) is 0.783. The van der Waals surface area contributed by atoms with Crippen LogP contribution < -0.4 is 10.6 Å². The lowest BCUT2D eigenvalue weighted by Gasteiger charge is -2.11. The third-order valence-corrected chi connectivity index (χ3v) is 2.59. The Hall–Kier alpha value is -1.56. The molecule has 0 aliphatic heterocycles. The minimum absolute atomic E-state index is 0.698. The Balaban J connectivity index is 2.09. The highest BCUT2D eigenvalue weighted by Gasteiger charge is 1.97. The maximum Gasteiger partial charge on any atom is 0.191 e. The number of guanidine groups is 1. The molecule has 0 saturated heterocycles. The smallest absolute Gasteiger partial charge is 0.191 e. The van der Waals surface area contributed by atoms with Gasteiger partial charge in [-0.3, -0.25) is 9.67 Å². The Bertz CT molecular complexity index is 375. The molecule has 0 aliphatic rings. The van der Waals surface area contributed by atoms with E-state index in [1.807, 2.05) is 24.7 Å². The van der Waals surface area contributed by atoms with E-state index in [0.717, 1.165) is 38.6 Å². The second kappa shape index (κ2) is 9.38. The maximum atomic E-state index is 5.26. The van der Waals surface area contributed by atoms with Crippen LogP contribution in [0.25, 0.3) is 0 Å². The summed E-state index contributed by atoms with van der Waals surface area (Å²) in [6, 6.07) is 0. The van der Waals surface area contributed by atoms with Crippen molar-refractivity contribution in [2.24, 2.45) is 4.99 Å². The third-order valence-electron chi connectivity index (χ3n) is 2.59. The van der Waals surface area contributed by atoms with E-state index in [1.54, 1.807) is 7.05 Å². The summed E-state index contributed by atoms with van der Waals surface area (Å²) in [6.45, 7) is 8.03. The minimum atomic E-state index is 0.698. The van der Waals surface area contributed by atoms with Crippen molar-refractivity contribution in [3.63, 3.8) is 0 Å². The highest BCUT2D eigenvalue weighted by atomic mass is 16.5. The molecule has 1 aromatic rings.